The maximum Gasteiger partial charge on any atom is 0.224 e. The highest BCUT2D eigenvalue weighted by molar-refractivity contribution is 5.80. The van der Waals surface area contributed by atoms with Gasteiger partial charge in [-0.15, -0.1) is 0 Å². The van der Waals surface area contributed by atoms with Crippen LogP contribution >= 0.6 is 0 Å². The molecular weight excluding hydrogens is 192 g/mol. The number of carbonyl (C=O) groups is 1. The van der Waals surface area contributed by atoms with Crippen molar-refractivity contribution in [1.82, 2.24) is 4.98 Å². The molecule has 0 aliphatic rings. The van der Waals surface area contributed by atoms with Crippen molar-refractivity contribution in [1.29, 1.82) is 0 Å². The summed E-state index contributed by atoms with van der Waals surface area (Å²) in [4.78, 5) is 15.1. The van der Waals surface area contributed by atoms with Crippen LogP contribution in [0.4, 0.5) is 11.5 Å². The predicted molar refractivity (Wildman–Crippen MR) is 60.1 cm³/mol. The molecule has 5 N–H and O–H groups in total. The zero-order valence-electron chi connectivity index (χ0n) is 8.95. The Balaban J connectivity index is 2.61. The van der Waals surface area contributed by atoms with E-state index in [0.717, 1.165) is 0 Å². The minimum atomic E-state index is -0.605. The molecule has 0 fully saturated rings. The molecule has 0 aromatic carbocycles. The van der Waals surface area contributed by atoms with E-state index in [1.54, 1.807) is 32.2 Å². The van der Waals surface area contributed by atoms with Gasteiger partial charge in [0.25, 0.3) is 0 Å². The van der Waals surface area contributed by atoms with Crippen LogP contribution in [0.1, 0.15) is 13.8 Å². The highest BCUT2D eigenvalue weighted by Crippen LogP contribution is 2.15. The van der Waals surface area contributed by atoms with E-state index in [9.17, 15) is 4.79 Å². The number of nitrogens with one attached hydrogen (secondary N) is 1. The van der Waals surface area contributed by atoms with Crippen molar-refractivity contribution in [2.75, 3.05) is 17.6 Å². The standard InChI is InChI=1S/C10H16N4O/c1-10(2,9(12)15)6-14-8-5-7(11)3-4-13-8/h3-5H,6H2,1-2H3,(H2,12,15)(H3,11,13,14). The van der Waals surface area contributed by atoms with Gasteiger partial charge < -0.3 is 16.8 Å². The minimum absolute atomic E-state index is 0.348. The van der Waals surface area contributed by atoms with Gasteiger partial charge in [0.05, 0.1) is 5.41 Å². The number of pyridine rings is 1. The first-order chi connectivity index (χ1) is 6.92. The summed E-state index contributed by atoms with van der Waals surface area (Å²) in [6.45, 7) is 3.97. The van der Waals surface area contributed by atoms with E-state index in [-0.39, 0.29) is 5.91 Å². The van der Waals surface area contributed by atoms with Gasteiger partial charge in [0.15, 0.2) is 0 Å². The molecule has 0 saturated carbocycles. The quantitative estimate of drug-likeness (QED) is 0.675. The Morgan fingerprint density at radius 3 is 2.80 bits per heavy atom. The number of nitrogen functional groups attached to an aromatic ring is 1. The molecule has 1 heterocycles. The molecule has 0 aliphatic carbocycles. The van der Waals surface area contributed by atoms with E-state index < -0.39 is 5.41 Å². The molecular formula is C10H16N4O. The lowest BCUT2D eigenvalue weighted by Crippen LogP contribution is -2.37. The third-order valence-electron chi connectivity index (χ3n) is 2.16. The van der Waals surface area contributed by atoms with Crippen LogP contribution in [0.15, 0.2) is 18.3 Å². The van der Waals surface area contributed by atoms with Crippen molar-refractivity contribution in [2.45, 2.75) is 13.8 Å². The largest absolute Gasteiger partial charge is 0.399 e. The van der Waals surface area contributed by atoms with Crippen LogP contribution in [-0.4, -0.2) is 17.4 Å². The monoisotopic (exact) mass is 208 g/mol. The lowest BCUT2D eigenvalue weighted by Gasteiger charge is -2.21. The number of carbonyl (C=O) groups excluding carboxylic acids is 1. The van der Waals surface area contributed by atoms with E-state index in [1.165, 1.54) is 0 Å². The Morgan fingerprint density at radius 1 is 1.60 bits per heavy atom. The van der Waals surface area contributed by atoms with E-state index in [1.807, 2.05) is 0 Å². The van der Waals surface area contributed by atoms with Crippen LogP contribution in [0.25, 0.3) is 0 Å². The second kappa shape index (κ2) is 4.16. The van der Waals surface area contributed by atoms with Crippen molar-refractivity contribution in [3.05, 3.63) is 18.3 Å². The third kappa shape index (κ3) is 3.12. The number of anilines is 2. The SMILES string of the molecule is CC(C)(CNc1cc(N)ccn1)C(N)=O. The van der Waals surface area contributed by atoms with Crippen LogP contribution in [0.2, 0.25) is 0 Å². The number of hydrogen-bond donors (Lipinski definition) is 3. The van der Waals surface area contributed by atoms with Crippen molar-refractivity contribution in [3.8, 4) is 0 Å². The molecule has 0 radical (unpaired) electrons. The molecule has 15 heavy (non-hydrogen) atoms. The highest BCUT2D eigenvalue weighted by atomic mass is 16.1. The summed E-state index contributed by atoms with van der Waals surface area (Å²) >= 11 is 0. The van der Waals surface area contributed by atoms with Crippen molar-refractivity contribution < 1.29 is 4.79 Å². The van der Waals surface area contributed by atoms with Crippen LogP contribution < -0.4 is 16.8 Å². The molecule has 1 amide bonds. The summed E-state index contributed by atoms with van der Waals surface area (Å²) in [6.07, 6.45) is 1.61. The van der Waals surface area contributed by atoms with Crippen molar-refractivity contribution in [2.24, 2.45) is 11.1 Å². The topological polar surface area (TPSA) is 94.0 Å². The van der Waals surface area contributed by atoms with Gasteiger partial charge in [0, 0.05) is 24.5 Å². The van der Waals surface area contributed by atoms with Gasteiger partial charge >= 0.3 is 0 Å². The molecule has 0 bridgehead atoms. The number of aromatic nitrogens is 1. The zero-order valence-corrected chi connectivity index (χ0v) is 8.95. The highest BCUT2D eigenvalue weighted by Gasteiger charge is 2.24. The maximum absolute atomic E-state index is 11.0. The summed E-state index contributed by atoms with van der Waals surface area (Å²) in [5.74, 6) is 0.295. The number of rotatable bonds is 4. The van der Waals surface area contributed by atoms with Crippen LogP contribution in [0.5, 0.6) is 0 Å². The van der Waals surface area contributed by atoms with E-state index in [0.29, 0.717) is 18.1 Å². The number of amides is 1. The smallest absolute Gasteiger partial charge is 0.224 e. The number of primary amides is 1. The number of nitrogens with two attached hydrogens (primary N) is 2. The zero-order chi connectivity index (χ0) is 11.5. The third-order valence-corrected chi connectivity index (χ3v) is 2.16. The fourth-order valence-electron chi connectivity index (χ4n) is 0.942. The minimum Gasteiger partial charge on any atom is -0.399 e. The van der Waals surface area contributed by atoms with E-state index >= 15 is 0 Å². The van der Waals surface area contributed by atoms with Gasteiger partial charge in [-0.1, -0.05) is 0 Å². The molecule has 0 saturated heterocycles. The average molecular weight is 208 g/mol. The van der Waals surface area contributed by atoms with E-state index in [2.05, 4.69) is 10.3 Å². The lowest BCUT2D eigenvalue weighted by atomic mass is 9.93. The van der Waals surface area contributed by atoms with E-state index in [4.69, 9.17) is 11.5 Å². The maximum atomic E-state index is 11.0. The summed E-state index contributed by atoms with van der Waals surface area (Å²) in [5, 5.41) is 3.02. The van der Waals surface area contributed by atoms with Crippen LogP contribution in [-0.2, 0) is 4.79 Å². The summed E-state index contributed by atoms with van der Waals surface area (Å²) in [5.41, 5.74) is 10.9. The first-order valence-electron chi connectivity index (χ1n) is 4.67. The fraction of sp³-hybridized carbons (Fsp3) is 0.400. The van der Waals surface area contributed by atoms with Gasteiger partial charge in [-0.25, -0.2) is 4.98 Å². The summed E-state index contributed by atoms with van der Waals surface area (Å²) in [7, 11) is 0. The second-order valence-corrected chi connectivity index (χ2v) is 4.08. The molecule has 0 unspecified atom stereocenters. The molecule has 1 rings (SSSR count). The second-order valence-electron chi connectivity index (χ2n) is 4.08. The average Bonchev–Trinajstić information content (AvgIpc) is 2.15. The first-order valence-corrected chi connectivity index (χ1v) is 4.67. The Bertz CT molecular complexity index is 362. The molecule has 5 nitrogen and oxygen atoms in total. The molecule has 1 aromatic rings. The van der Waals surface area contributed by atoms with Gasteiger partial charge in [0.2, 0.25) is 5.91 Å². The van der Waals surface area contributed by atoms with Gasteiger partial charge in [-0.05, 0) is 19.9 Å². The lowest BCUT2D eigenvalue weighted by molar-refractivity contribution is -0.125. The van der Waals surface area contributed by atoms with Crippen LogP contribution in [0.3, 0.4) is 0 Å². The Morgan fingerprint density at radius 2 is 2.27 bits per heavy atom. The van der Waals surface area contributed by atoms with Crippen molar-refractivity contribution in [3.63, 3.8) is 0 Å². The predicted octanol–water partition coefficient (Wildman–Crippen LogP) is 0.587. The first kappa shape index (κ1) is 11.3. The van der Waals surface area contributed by atoms with Gasteiger partial charge in [-0.3, -0.25) is 4.79 Å². The molecule has 1 aromatic heterocycles. The van der Waals surface area contributed by atoms with Gasteiger partial charge in [-0.2, -0.15) is 0 Å². The molecule has 0 spiro atoms. The number of hydrogen-bond acceptors (Lipinski definition) is 4. The molecule has 5 heteroatoms. The van der Waals surface area contributed by atoms with Crippen molar-refractivity contribution >= 4 is 17.4 Å². The Hall–Kier alpha value is -1.78. The summed E-state index contributed by atoms with van der Waals surface area (Å²) in [6, 6.07) is 3.40. The Kier molecular flexibility index (Phi) is 3.14. The molecule has 0 atom stereocenters. The van der Waals surface area contributed by atoms with Gasteiger partial charge in [0.1, 0.15) is 5.82 Å². The van der Waals surface area contributed by atoms with Crippen LogP contribution in [0, 0.1) is 5.41 Å². The molecule has 0 aliphatic heterocycles. The Labute approximate surface area is 88.9 Å². The normalized spacial score (nSPS) is 11.1. The fourth-order valence-corrected chi connectivity index (χ4v) is 0.942. The summed E-state index contributed by atoms with van der Waals surface area (Å²) < 4.78 is 0. The number of nitrogens with zero attached hydrogens (tertiary/aromatic N) is 1. The molecule has 82 valence electrons.